The summed E-state index contributed by atoms with van der Waals surface area (Å²) in [5, 5.41) is 3.84. The zero-order valence-corrected chi connectivity index (χ0v) is 13.9. The summed E-state index contributed by atoms with van der Waals surface area (Å²) in [6.07, 6.45) is 6.75. The molecule has 19 heavy (non-hydrogen) atoms. The highest BCUT2D eigenvalue weighted by Crippen LogP contribution is 2.14. The molecule has 1 heterocycles. The maximum atomic E-state index is 3.84. The van der Waals surface area contributed by atoms with Crippen LogP contribution in [0.4, 0.5) is 0 Å². The molecule has 1 aliphatic heterocycles. The Hall–Kier alpha value is -0.0800. The molecule has 1 N–H and O–H groups in total. The van der Waals surface area contributed by atoms with Crippen molar-refractivity contribution in [2.75, 3.05) is 19.6 Å². The van der Waals surface area contributed by atoms with E-state index in [1.165, 1.54) is 51.7 Å². The van der Waals surface area contributed by atoms with Crippen molar-refractivity contribution in [3.8, 4) is 0 Å². The minimum absolute atomic E-state index is 0.695. The Balaban J connectivity index is 2.11. The number of hydrogen-bond donors (Lipinski definition) is 1. The van der Waals surface area contributed by atoms with E-state index in [9.17, 15) is 0 Å². The molecule has 0 radical (unpaired) electrons. The first-order chi connectivity index (χ1) is 8.97. The molecule has 1 atom stereocenters. The normalized spacial score (nSPS) is 20.4. The Morgan fingerprint density at radius 1 is 0.947 bits per heavy atom. The predicted octanol–water partition coefficient (Wildman–Crippen LogP) is 3.91. The second kappa shape index (κ2) is 8.97. The van der Waals surface area contributed by atoms with Gasteiger partial charge in [0.2, 0.25) is 0 Å². The van der Waals surface area contributed by atoms with Crippen LogP contribution in [0.1, 0.15) is 66.7 Å². The molecule has 1 rings (SSSR count). The van der Waals surface area contributed by atoms with Gasteiger partial charge in [0.15, 0.2) is 0 Å². The molecule has 0 spiro atoms. The molecular formula is C17H36N2. The summed E-state index contributed by atoms with van der Waals surface area (Å²) in [6.45, 7) is 15.5. The van der Waals surface area contributed by atoms with E-state index in [4.69, 9.17) is 0 Å². The third-order valence-electron chi connectivity index (χ3n) is 4.15. The predicted molar refractivity (Wildman–Crippen MR) is 85.6 cm³/mol. The van der Waals surface area contributed by atoms with Crippen molar-refractivity contribution in [3.63, 3.8) is 0 Å². The highest BCUT2D eigenvalue weighted by Gasteiger charge is 2.20. The topological polar surface area (TPSA) is 15.3 Å². The van der Waals surface area contributed by atoms with Crippen molar-refractivity contribution in [3.05, 3.63) is 0 Å². The zero-order chi connectivity index (χ0) is 14.3. The first-order valence-electron chi connectivity index (χ1n) is 8.45. The van der Waals surface area contributed by atoms with Gasteiger partial charge in [-0.05, 0) is 51.1 Å². The standard InChI is InChI=1S/C17H36N2/c1-14(2)7-6-8-16(5)18-17-9-11-19(12-10-17)13-15(3)4/h14-18H,6-13H2,1-5H3. The second-order valence-corrected chi connectivity index (χ2v) is 7.36. The third-order valence-corrected chi connectivity index (χ3v) is 4.15. The van der Waals surface area contributed by atoms with E-state index in [2.05, 4.69) is 44.8 Å². The van der Waals surface area contributed by atoms with Crippen molar-refractivity contribution in [1.82, 2.24) is 10.2 Å². The van der Waals surface area contributed by atoms with E-state index < -0.39 is 0 Å². The van der Waals surface area contributed by atoms with E-state index >= 15 is 0 Å². The highest BCUT2D eigenvalue weighted by molar-refractivity contribution is 4.79. The van der Waals surface area contributed by atoms with Gasteiger partial charge in [0.25, 0.3) is 0 Å². The van der Waals surface area contributed by atoms with E-state index in [1.807, 2.05) is 0 Å². The smallest absolute Gasteiger partial charge is 0.00938 e. The molecule has 0 aromatic carbocycles. The van der Waals surface area contributed by atoms with Gasteiger partial charge in [-0.3, -0.25) is 0 Å². The molecule has 0 amide bonds. The lowest BCUT2D eigenvalue weighted by molar-refractivity contribution is 0.174. The number of rotatable bonds is 8. The number of likely N-dealkylation sites (tertiary alicyclic amines) is 1. The first kappa shape index (κ1) is 17.0. The quantitative estimate of drug-likeness (QED) is 0.718. The lowest BCUT2D eigenvalue weighted by atomic mass is 10.00. The van der Waals surface area contributed by atoms with Gasteiger partial charge in [0.1, 0.15) is 0 Å². The molecular weight excluding hydrogens is 232 g/mol. The lowest BCUT2D eigenvalue weighted by Crippen LogP contribution is -2.46. The van der Waals surface area contributed by atoms with Crippen molar-refractivity contribution >= 4 is 0 Å². The van der Waals surface area contributed by atoms with E-state index in [0.29, 0.717) is 6.04 Å². The maximum absolute atomic E-state index is 3.84. The fourth-order valence-electron chi connectivity index (χ4n) is 3.12. The maximum Gasteiger partial charge on any atom is 0.00938 e. The molecule has 1 unspecified atom stereocenters. The fraction of sp³-hybridized carbons (Fsp3) is 1.00. The van der Waals surface area contributed by atoms with Crippen LogP contribution in [-0.4, -0.2) is 36.6 Å². The van der Waals surface area contributed by atoms with Crippen LogP contribution in [0.15, 0.2) is 0 Å². The number of hydrogen-bond acceptors (Lipinski definition) is 2. The summed E-state index contributed by atoms with van der Waals surface area (Å²) in [7, 11) is 0. The minimum atomic E-state index is 0.695. The molecule has 0 saturated carbocycles. The second-order valence-electron chi connectivity index (χ2n) is 7.36. The summed E-state index contributed by atoms with van der Waals surface area (Å²) in [6, 6.07) is 1.46. The fourth-order valence-corrected chi connectivity index (χ4v) is 3.12. The summed E-state index contributed by atoms with van der Waals surface area (Å²) in [5.41, 5.74) is 0. The molecule has 0 aromatic heterocycles. The Morgan fingerprint density at radius 2 is 1.58 bits per heavy atom. The van der Waals surface area contributed by atoms with Crippen LogP contribution >= 0.6 is 0 Å². The van der Waals surface area contributed by atoms with E-state index in [-0.39, 0.29) is 0 Å². The molecule has 2 nitrogen and oxygen atoms in total. The minimum Gasteiger partial charge on any atom is -0.311 e. The highest BCUT2D eigenvalue weighted by atomic mass is 15.1. The third kappa shape index (κ3) is 7.94. The summed E-state index contributed by atoms with van der Waals surface area (Å²) >= 11 is 0. The van der Waals surface area contributed by atoms with Crippen molar-refractivity contribution in [1.29, 1.82) is 0 Å². The van der Waals surface area contributed by atoms with Crippen LogP contribution in [0.5, 0.6) is 0 Å². The van der Waals surface area contributed by atoms with Crippen molar-refractivity contribution in [2.45, 2.75) is 78.8 Å². The average molecular weight is 268 g/mol. The van der Waals surface area contributed by atoms with Crippen LogP contribution in [0, 0.1) is 11.8 Å². The van der Waals surface area contributed by atoms with Gasteiger partial charge < -0.3 is 10.2 Å². The van der Waals surface area contributed by atoms with E-state index in [1.54, 1.807) is 0 Å². The van der Waals surface area contributed by atoms with Crippen LogP contribution in [0.25, 0.3) is 0 Å². The van der Waals surface area contributed by atoms with Gasteiger partial charge in [0.05, 0.1) is 0 Å². The van der Waals surface area contributed by atoms with Crippen molar-refractivity contribution in [2.24, 2.45) is 11.8 Å². The van der Waals surface area contributed by atoms with Crippen LogP contribution in [0.3, 0.4) is 0 Å². The molecule has 0 aromatic rings. The largest absolute Gasteiger partial charge is 0.311 e. The molecule has 1 saturated heterocycles. The Labute approximate surface area is 121 Å². The van der Waals surface area contributed by atoms with Gasteiger partial charge in [-0.25, -0.2) is 0 Å². The Bertz CT molecular complexity index is 217. The van der Waals surface area contributed by atoms with Crippen LogP contribution in [0.2, 0.25) is 0 Å². The molecule has 0 bridgehead atoms. The van der Waals surface area contributed by atoms with Gasteiger partial charge in [-0.15, -0.1) is 0 Å². The Morgan fingerprint density at radius 3 is 2.11 bits per heavy atom. The molecule has 1 aliphatic rings. The van der Waals surface area contributed by atoms with Crippen molar-refractivity contribution < 1.29 is 0 Å². The summed E-state index contributed by atoms with van der Waals surface area (Å²) in [5.74, 6) is 1.66. The monoisotopic (exact) mass is 268 g/mol. The number of nitrogens with one attached hydrogen (secondary N) is 1. The number of piperidine rings is 1. The molecule has 114 valence electrons. The summed E-state index contributed by atoms with van der Waals surface area (Å²) < 4.78 is 0. The Kier molecular flexibility index (Phi) is 8.01. The first-order valence-corrected chi connectivity index (χ1v) is 8.45. The lowest BCUT2D eigenvalue weighted by Gasteiger charge is -2.34. The van der Waals surface area contributed by atoms with Gasteiger partial charge in [0, 0.05) is 18.6 Å². The molecule has 1 fully saturated rings. The SMILES string of the molecule is CC(C)CCCC(C)NC1CCN(CC(C)C)CC1. The molecule has 2 heteroatoms. The molecule has 0 aliphatic carbocycles. The number of nitrogens with zero attached hydrogens (tertiary/aromatic N) is 1. The van der Waals surface area contributed by atoms with Crippen LogP contribution < -0.4 is 5.32 Å². The van der Waals surface area contributed by atoms with E-state index in [0.717, 1.165) is 17.9 Å². The average Bonchev–Trinajstić information content (AvgIpc) is 2.30. The van der Waals surface area contributed by atoms with Gasteiger partial charge in [-0.2, -0.15) is 0 Å². The van der Waals surface area contributed by atoms with Gasteiger partial charge >= 0.3 is 0 Å². The van der Waals surface area contributed by atoms with Gasteiger partial charge in [-0.1, -0.05) is 40.5 Å². The summed E-state index contributed by atoms with van der Waals surface area (Å²) in [4.78, 5) is 2.63. The van der Waals surface area contributed by atoms with Crippen LogP contribution in [-0.2, 0) is 0 Å². The zero-order valence-electron chi connectivity index (χ0n) is 13.9.